The number of carboxylic acid groups (broad SMARTS) is 1. The van der Waals surface area contributed by atoms with E-state index in [1.165, 1.54) is 18.4 Å². The number of aliphatic carboxylic acids is 1. The Labute approximate surface area is 112 Å². The van der Waals surface area contributed by atoms with E-state index >= 15 is 0 Å². The van der Waals surface area contributed by atoms with Crippen LogP contribution in [0.2, 0.25) is 0 Å². The van der Waals surface area contributed by atoms with Gasteiger partial charge in [0.15, 0.2) is 6.10 Å². The Kier molecular flexibility index (Phi) is 2.23. The molecule has 3 heteroatoms. The molecular weight excluding hydrogens is 240 g/mol. The zero-order chi connectivity index (χ0) is 13.1. The number of ether oxygens (including phenoxy) is 1. The molecule has 4 saturated carbocycles. The monoisotopic (exact) mass is 258 g/mol. The highest BCUT2D eigenvalue weighted by Gasteiger charge is 2.68. The van der Waals surface area contributed by atoms with E-state index in [4.69, 9.17) is 9.84 Å². The van der Waals surface area contributed by atoms with E-state index in [9.17, 15) is 4.79 Å². The van der Waals surface area contributed by atoms with Gasteiger partial charge in [-0.25, -0.2) is 4.79 Å². The lowest BCUT2D eigenvalue weighted by atomic mass is 9.90. The van der Waals surface area contributed by atoms with E-state index in [-0.39, 0.29) is 0 Å². The minimum atomic E-state index is -0.929. The number of hydrogen-bond donors (Lipinski definition) is 1. The molecule has 100 valence electrons. The molecule has 1 aromatic rings. The molecule has 19 heavy (non-hydrogen) atoms. The Morgan fingerprint density at radius 1 is 1.26 bits per heavy atom. The fourth-order valence-corrected chi connectivity index (χ4v) is 4.59. The first kappa shape index (κ1) is 11.3. The maximum Gasteiger partial charge on any atom is 0.344 e. The van der Waals surface area contributed by atoms with Crippen LogP contribution in [0.4, 0.5) is 0 Å². The summed E-state index contributed by atoms with van der Waals surface area (Å²) in [5, 5.41) is 8.83. The summed E-state index contributed by atoms with van der Waals surface area (Å²) in [5.41, 5.74) is 1.42. The molecule has 0 spiro atoms. The van der Waals surface area contributed by atoms with Crippen molar-refractivity contribution < 1.29 is 14.6 Å². The van der Waals surface area contributed by atoms with Gasteiger partial charge in [0.1, 0.15) is 5.75 Å². The smallest absolute Gasteiger partial charge is 0.344 e. The average Bonchev–Trinajstić information content (AvgIpc) is 2.79. The Bertz CT molecular complexity index is 507. The molecule has 5 rings (SSSR count). The Balaban J connectivity index is 1.49. The third kappa shape index (κ3) is 1.60. The zero-order valence-corrected chi connectivity index (χ0v) is 11.0. The fraction of sp³-hybridized carbons (Fsp3) is 0.562. The molecule has 0 aliphatic heterocycles. The van der Waals surface area contributed by atoms with E-state index < -0.39 is 12.1 Å². The highest BCUT2D eigenvalue weighted by molar-refractivity contribution is 5.72. The molecule has 4 aliphatic rings. The van der Waals surface area contributed by atoms with Crippen molar-refractivity contribution in [2.24, 2.45) is 23.7 Å². The lowest BCUT2D eigenvalue weighted by molar-refractivity contribution is -0.144. The Morgan fingerprint density at radius 2 is 1.89 bits per heavy atom. The maximum atomic E-state index is 10.8. The minimum absolute atomic E-state index is 0.649. The van der Waals surface area contributed by atoms with Crippen LogP contribution in [0.5, 0.6) is 5.75 Å². The van der Waals surface area contributed by atoms with E-state index in [1.54, 1.807) is 6.92 Å². The highest BCUT2D eigenvalue weighted by Crippen LogP contribution is 2.76. The lowest BCUT2D eigenvalue weighted by Crippen LogP contribution is -2.22. The summed E-state index contributed by atoms with van der Waals surface area (Å²) in [7, 11) is 0. The van der Waals surface area contributed by atoms with E-state index in [1.807, 2.05) is 12.1 Å². The summed E-state index contributed by atoms with van der Waals surface area (Å²) >= 11 is 0. The van der Waals surface area contributed by atoms with Gasteiger partial charge in [-0.3, -0.25) is 0 Å². The number of benzene rings is 1. The third-order valence-electron chi connectivity index (χ3n) is 5.40. The van der Waals surface area contributed by atoms with Crippen molar-refractivity contribution in [1.82, 2.24) is 0 Å². The maximum absolute atomic E-state index is 10.8. The van der Waals surface area contributed by atoms with Crippen LogP contribution >= 0.6 is 0 Å². The summed E-state index contributed by atoms with van der Waals surface area (Å²) in [4.78, 5) is 10.8. The first-order valence-electron chi connectivity index (χ1n) is 7.14. The fourth-order valence-electron chi connectivity index (χ4n) is 4.59. The summed E-state index contributed by atoms with van der Waals surface area (Å²) < 4.78 is 5.37. The number of rotatable bonds is 4. The molecule has 1 aromatic carbocycles. The SMILES string of the molecule is CC(Oc1ccc(C2C3CC4C(C3)C42)cc1)C(=O)O. The molecule has 0 radical (unpaired) electrons. The Hall–Kier alpha value is -1.51. The van der Waals surface area contributed by atoms with Crippen molar-refractivity contribution in [3.8, 4) is 5.75 Å². The van der Waals surface area contributed by atoms with Crippen LogP contribution in [-0.4, -0.2) is 17.2 Å². The van der Waals surface area contributed by atoms with Crippen molar-refractivity contribution in [2.75, 3.05) is 0 Å². The number of carbonyl (C=O) groups is 1. The second kappa shape index (κ2) is 3.75. The molecule has 0 saturated heterocycles. The predicted octanol–water partition coefficient (Wildman–Crippen LogP) is 2.91. The number of carboxylic acids is 1. The molecule has 4 unspecified atom stereocenters. The van der Waals surface area contributed by atoms with E-state index in [0.717, 1.165) is 29.6 Å². The molecule has 4 atom stereocenters. The van der Waals surface area contributed by atoms with Crippen LogP contribution < -0.4 is 4.74 Å². The lowest BCUT2D eigenvalue weighted by Gasteiger charge is -2.16. The third-order valence-corrected chi connectivity index (χ3v) is 5.40. The molecule has 0 amide bonds. The molecular formula is C16H18O3. The van der Waals surface area contributed by atoms with Crippen molar-refractivity contribution >= 4 is 5.97 Å². The van der Waals surface area contributed by atoms with Gasteiger partial charge < -0.3 is 9.84 Å². The van der Waals surface area contributed by atoms with Crippen molar-refractivity contribution in [3.05, 3.63) is 29.8 Å². The molecule has 0 aromatic heterocycles. The molecule has 1 N–H and O–H groups in total. The van der Waals surface area contributed by atoms with Crippen LogP contribution in [0, 0.1) is 23.7 Å². The Morgan fingerprint density at radius 3 is 2.37 bits per heavy atom. The van der Waals surface area contributed by atoms with E-state index in [0.29, 0.717) is 5.75 Å². The van der Waals surface area contributed by atoms with Crippen LogP contribution in [0.25, 0.3) is 0 Å². The van der Waals surface area contributed by atoms with Gasteiger partial charge in [0.2, 0.25) is 0 Å². The van der Waals surface area contributed by atoms with Gasteiger partial charge in [-0.2, -0.15) is 0 Å². The van der Waals surface area contributed by atoms with Gasteiger partial charge in [0, 0.05) is 0 Å². The standard InChI is InChI=1S/C16H18O3/c1-8(16(17)18)19-11-4-2-9(3-5-11)14-10-6-12-13(7-10)15(12)14/h2-5,8,10,12-15H,6-7H2,1H3,(H,17,18). The highest BCUT2D eigenvalue weighted by atomic mass is 16.5. The predicted molar refractivity (Wildman–Crippen MR) is 70.1 cm³/mol. The first-order valence-corrected chi connectivity index (χ1v) is 7.14. The van der Waals surface area contributed by atoms with Crippen LogP contribution in [0.15, 0.2) is 24.3 Å². The minimum Gasteiger partial charge on any atom is -0.479 e. The molecule has 4 bridgehead atoms. The second-order valence-corrected chi connectivity index (χ2v) is 6.33. The topological polar surface area (TPSA) is 46.5 Å². The normalized spacial score (nSPS) is 39.1. The average molecular weight is 258 g/mol. The summed E-state index contributed by atoms with van der Waals surface area (Å²) in [6.45, 7) is 1.55. The second-order valence-electron chi connectivity index (χ2n) is 6.33. The summed E-state index contributed by atoms with van der Waals surface area (Å²) in [6.07, 6.45) is 2.08. The van der Waals surface area contributed by atoms with Gasteiger partial charge in [0.05, 0.1) is 0 Å². The van der Waals surface area contributed by atoms with Crippen LogP contribution in [0.1, 0.15) is 31.2 Å². The van der Waals surface area contributed by atoms with Gasteiger partial charge in [0.25, 0.3) is 0 Å². The van der Waals surface area contributed by atoms with Gasteiger partial charge >= 0.3 is 5.97 Å². The van der Waals surface area contributed by atoms with Crippen LogP contribution in [0.3, 0.4) is 0 Å². The quantitative estimate of drug-likeness (QED) is 0.903. The van der Waals surface area contributed by atoms with Crippen molar-refractivity contribution in [1.29, 1.82) is 0 Å². The first-order chi connectivity index (χ1) is 9.15. The van der Waals surface area contributed by atoms with Crippen molar-refractivity contribution in [3.63, 3.8) is 0 Å². The largest absolute Gasteiger partial charge is 0.479 e. The summed E-state index contributed by atoms with van der Waals surface area (Å²) in [5.74, 6) is 4.40. The van der Waals surface area contributed by atoms with Crippen LogP contribution in [-0.2, 0) is 4.79 Å². The molecule has 0 heterocycles. The van der Waals surface area contributed by atoms with Crippen molar-refractivity contribution in [2.45, 2.75) is 31.8 Å². The van der Waals surface area contributed by atoms with Gasteiger partial charge in [-0.15, -0.1) is 0 Å². The summed E-state index contributed by atoms with van der Waals surface area (Å²) in [6, 6.07) is 8.10. The van der Waals surface area contributed by atoms with E-state index in [2.05, 4.69) is 12.1 Å². The number of hydrogen-bond acceptors (Lipinski definition) is 2. The molecule has 3 nitrogen and oxygen atoms in total. The van der Waals surface area contributed by atoms with Gasteiger partial charge in [-0.05, 0) is 67.1 Å². The van der Waals surface area contributed by atoms with Gasteiger partial charge in [-0.1, -0.05) is 12.1 Å². The molecule has 4 aliphatic carbocycles. The zero-order valence-electron chi connectivity index (χ0n) is 11.0. The molecule has 4 fully saturated rings.